The number of nitrogens with zero attached hydrogens (tertiary/aromatic N) is 2. The van der Waals surface area contributed by atoms with Crippen molar-refractivity contribution in [1.29, 1.82) is 0 Å². The first-order valence-electron chi connectivity index (χ1n) is 10.3. The standard InChI is InChI=1S/C25H22N4O2S/c1-2-17-6-8-18(9-7-17)25-29-22(16-32-25)15-23(30)27-21-5-3-4-19(14-21)24(31)28-20-10-12-26-13-11-20/h3-14,16H,2,15H2,1H3,(H,27,30)(H,26,28,31). The SMILES string of the molecule is CCc1ccc(-c2nc(CC(=O)Nc3cccc(C(=O)Nc4ccncc4)c3)cs2)cc1. The molecule has 6 nitrogen and oxygen atoms in total. The van der Waals surface area contributed by atoms with Gasteiger partial charge in [0.25, 0.3) is 5.91 Å². The molecule has 160 valence electrons. The topological polar surface area (TPSA) is 84.0 Å². The molecule has 0 atom stereocenters. The molecular weight excluding hydrogens is 420 g/mol. The van der Waals surface area contributed by atoms with Gasteiger partial charge >= 0.3 is 0 Å². The number of aryl methyl sites for hydroxylation is 1. The van der Waals surface area contributed by atoms with Crippen LogP contribution in [0.15, 0.2) is 78.4 Å². The Labute approximate surface area is 190 Å². The molecule has 0 fully saturated rings. The van der Waals surface area contributed by atoms with Gasteiger partial charge < -0.3 is 10.6 Å². The number of hydrogen-bond acceptors (Lipinski definition) is 5. The van der Waals surface area contributed by atoms with Crippen LogP contribution in [0.25, 0.3) is 10.6 Å². The van der Waals surface area contributed by atoms with Crippen molar-refractivity contribution < 1.29 is 9.59 Å². The summed E-state index contributed by atoms with van der Waals surface area (Å²) in [5, 5.41) is 8.45. The number of anilines is 2. The Hall–Kier alpha value is -3.84. The van der Waals surface area contributed by atoms with E-state index in [1.54, 1.807) is 48.8 Å². The van der Waals surface area contributed by atoms with Gasteiger partial charge in [-0.05, 0) is 42.3 Å². The summed E-state index contributed by atoms with van der Waals surface area (Å²) in [6.07, 6.45) is 4.37. The van der Waals surface area contributed by atoms with Crippen LogP contribution in [-0.2, 0) is 17.6 Å². The van der Waals surface area contributed by atoms with Crippen LogP contribution >= 0.6 is 11.3 Å². The van der Waals surface area contributed by atoms with E-state index in [9.17, 15) is 9.59 Å². The van der Waals surface area contributed by atoms with Crippen molar-refractivity contribution in [3.8, 4) is 10.6 Å². The number of nitrogens with one attached hydrogen (secondary N) is 2. The molecule has 0 bridgehead atoms. The minimum atomic E-state index is -0.259. The van der Waals surface area contributed by atoms with E-state index in [0.29, 0.717) is 22.6 Å². The monoisotopic (exact) mass is 442 g/mol. The molecule has 0 unspecified atom stereocenters. The summed E-state index contributed by atoms with van der Waals surface area (Å²) < 4.78 is 0. The third-order valence-corrected chi connectivity index (χ3v) is 5.79. The van der Waals surface area contributed by atoms with E-state index in [1.807, 2.05) is 5.38 Å². The van der Waals surface area contributed by atoms with Crippen LogP contribution in [0, 0.1) is 0 Å². The minimum Gasteiger partial charge on any atom is -0.326 e. The van der Waals surface area contributed by atoms with Crippen LogP contribution in [-0.4, -0.2) is 21.8 Å². The summed E-state index contributed by atoms with van der Waals surface area (Å²) in [5.41, 5.74) is 4.71. The maximum Gasteiger partial charge on any atom is 0.255 e. The van der Waals surface area contributed by atoms with Crippen molar-refractivity contribution in [2.75, 3.05) is 10.6 Å². The normalized spacial score (nSPS) is 10.5. The van der Waals surface area contributed by atoms with Gasteiger partial charge in [0.2, 0.25) is 5.91 Å². The van der Waals surface area contributed by atoms with Crippen molar-refractivity contribution >= 4 is 34.5 Å². The fourth-order valence-corrected chi connectivity index (χ4v) is 3.98. The molecule has 0 aliphatic rings. The van der Waals surface area contributed by atoms with Crippen LogP contribution in [0.4, 0.5) is 11.4 Å². The Balaban J connectivity index is 1.37. The Kier molecular flexibility index (Phi) is 6.67. The zero-order valence-corrected chi connectivity index (χ0v) is 18.4. The average Bonchev–Trinajstić information content (AvgIpc) is 3.28. The fourth-order valence-electron chi connectivity index (χ4n) is 3.15. The molecule has 32 heavy (non-hydrogen) atoms. The van der Waals surface area contributed by atoms with E-state index in [0.717, 1.165) is 17.0 Å². The van der Waals surface area contributed by atoms with Crippen LogP contribution in [0.2, 0.25) is 0 Å². The maximum absolute atomic E-state index is 12.5. The molecule has 0 saturated heterocycles. The third kappa shape index (κ3) is 5.44. The zero-order valence-electron chi connectivity index (χ0n) is 17.5. The molecule has 2 heterocycles. The van der Waals surface area contributed by atoms with E-state index in [2.05, 4.69) is 51.8 Å². The van der Waals surface area contributed by atoms with Crippen molar-refractivity contribution in [1.82, 2.24) is 9.97 Å². The smallest absolute Gasteiger partial charge is 0.255 e. The summed E-state index contributed by atoms with van der Waals surface area (Å²) >= 11 is 1.52. The average molecular weight is 443 g/mol. The third-order valence-electron chi connectivity index (χ3n) is 4.85. The van der Waals surface area contributed by atoms with Gasteiger partial charge in [-0.15, -0.1) is 11.3 Å². The van der Waals surface area contributed by atoms with Gasteiger partial charge in [-0.25, -0.2) is 4.98 Å². The van der Waals surface area contributed by atoms with Gasteiger partial charge in [-0.1, -0.05) is 37.3 Å². The molecule has 2 N–H and O–H groups in total. The largest absolute Gasteiger partial charge is 0.326 e. The highest BCUT2D eigenvalue weighted by Gasteiger charge is 2.11. The lowest BCUT2D eigenvalue weighted by molar-refractivity contribution is -0.115. The molecular formula is C25H22N4O2S. The van der Waals surface area contributed by atoms with E-state index in [-0.39, 0.29) is 18.2 Å². The summed E-state index contributed by atoms with van der Waals surface area (Å²) in [5.74, 6) is -0.444. The van der Waals surface area contributed by atoms with Gasteiger partial charge in [-0.3, -0.25) is 14.6 Å². The predicted molar refractivity (Wildman–Crippen MR) is 128 cm³/mol. The number of aromatic nitrogens is 2. The van der Waals surface area contributed by atoms with Gasteiger partial charge in [-0.2, -0.15) is 0 Å². The Morgan fingerprint density at radius 1 is 0.938 bits per heavy atom. The van der Waals surface area contributed by atoms with Crippen LogP contribution in [0.5, 0.6) is 0 Å². The lowest BCUT2D eigenvalue weighted by Gasteiger charge is -2.08. The number of pyridine rings is 1. The van der Waals surface area contributed by atoms with Gasteiger partial charge in [0.1, 0.15) is 5.01 Å². The number of rotatable bonds is 7. The molecule has 0 radical (unpaired) electrons. The quantitative estimate of drug-likeness (QED) is 0.412. The molecule has 2 amide bonds. The van der Waals surface area contributed by atoms with Crippen molar-refractivity contribution in [3.05, 3.63) is 95.3 Å². The van der Waals surface area contributed by atoms with E-state index in [4.69, 9.17) is 0 Å². The summed E-state index contributed by atoms with van der Waals surface area (Å²) in [6.45, 7) is 2.12. The van der Waals surface area contributed by atoms with Crippen molar-refractivity contribution in [3.63, 3.8) is 0 Å². The Morgan fingerprint density at radius 3 is 2.47 bits per heavy atom. The molecule has 4 aromatic rings. The highest BCUT2D eigenvalue weighted by atomic mass is 32.1. The van der Waals surface area contributed by atoms with E-state index >= 15 is 0 Å². The number of benzene rings is 2. The van der Waals surface area contributed by atoms with Gasteiger partial charge in [0.05, 0.1) is 12.1 Å². The first kappa shape index (κ1) is 21.4. The number of thiazole rings is 1. The molecule has 2 aromatic carbocycles. The molecule has 7 heteroatoms. The second kappa shape index (κ2) is 9.98. The number of amides is 2. The van der Waals surface area contributed by atoms with Crippen LogP contribution in [0.1, 0.15) is 28.5 Å². The molecule has 0 saturated carbocycles. The highest BCUT2D eigenvalue weighted by molar-refractivity contribution is 7.13. The molecule has 0 spiro atoms. The Bertz CT molecular complexity index is 1220. The predicted octanol–water partition coefficient (Wildman–Crippen LogP) is 5.20. The minimum absolute atomic E-state index is 0.164. The second-order valence-corrected chi connectivity index (χ2v) is 8.05. The number of hydrogen-bond donors (Lipinski definition) is 2. The number of carbonyl (C=O) groups is 2. The molecule has 2 aromatic heterocycles. The van der Waals surface area contributed by atoms with Crippen molar-refractivity contribution in [2.24, 2.45) is 0 Å². The van der Waals surface area contributed by atoms with Gasteiger partial charge in [0.15, 0.2) is 0 Å². The van der Waals surface area contributed by atoms with E-state index < -0.39 is 0 Å². The lowest BCUT2D eigenvalue weighted by atomic mass is 10.1. The number of carbonyl (C=O) groups excluding carboxylic acids is 2. The molecule has 0 aliphatic carbocycles. The lowest BCUT2D eigenvalue weighted by Crippen LogP contribution is -2.16. The fraction of sp³-hybridized carbons (Fsp3) is 0.120. The van der Waals surface area contributed by atoms with Gasteiger partial charge in [0, 0.05) is 40.3 Å². The first-order valence-corrected chi connectivity index (χ1v) is 11.1. The summed E-state index contributed by atoms with van der Waals surface area (Å²) in [4.78, 5) is 33.5. The Morgan fingerprint density at radius 2 is 1.72 bits per heavy atom. The summed E-state index contributed by atoms with van der Waals surface area (Å²) in [7, 11) is 0. The van der Waals surface area contributed by atoms with E-state index in [1.165, 1.54) is 16.9 Å². The molecule has 0 aliphatic heterocycles. The first-order chi connectivity index (χ1) is 15.6. The maximum atomic E-state index is 12.5. The highest BCUT2D eigenvalue weighted by Crippen LogP contribution is 2.24. The second-order valence-electron chi connectivity index (χ2n) is 7.19. The molecule has 4 rings (SSSR count). The van der Waals surface area contributed by atoms with Crippen LogP contribution in [0.3, 0.4) is 0 Å². The van der Waals surface area contributed by atoms with Crippen LogP contribution < -0.4 is 10.6 Å². The zero-order chi connectivity index (χ0) is 22.3. The van der Waals surface area contributed by atoms with Crippen molar-refractivity contribution in [2.45, 2.75) is 19.8 Å². The summed E-state index contributed by atoms with van der Waals surface area (Å²) in [6, 6.07) is 18.6.